The molecule has 1 aromatic carbocycles. The molecular weight excluding hydrogens is 266 g/mol. The van der Waals surface area contributed by atoms with Crippen molar-refractivity contribution in [1.29, 1.82) is 0 Å². The average molecular weight is 293 g/mol. The highest BCUT2D eigenvalue weighted by atomic mass is 16.5. The van der Waals surface area contributed by atoms with E-state index in [1.807, 2.05) is 12.1 Å². The Morgan fingerprint density at radius 1 is 1.24 bits per heavy atom. The summed E-state index contributed by atoms with van der Waals surface area (Å²) in [4.78, 5) is 11.6. The zero-order valence-electron chi connectivity index (χ0n) is 13.9. The number of aryl methyl sites for hydroxylation is 1. The lowest BCUT2D eigenvalue weighted by molar-refractivity contribution is -0.147. The van der Waals surface area contributed by atoms with Gasteiger partial charge in [0, 0.05) is 0 Å². The molecule has 4 heteroatoms. The Balaban J connectivity index is 3.01. The second-order valence-corrected chi connectivity index (χ2v) is 6.63. The van der Waals surface area contributed by atoms with E-state index in [1.54, 1.807) is 6.92 Å². The van der Waals surface area contributed by atoms with E-state index in [2.05, 4.69) is 33.8 Å². The molecule has 1 aromatic rings. The van der Waals surface area contributed by atoms with Gasteiger partial charge in [0.05, 0.1) is 7.11 Å². The van der Waals surface area contributed by atoms with Crippen LogP contribution in [0.2, 0.25) is 0 Å². The fraction of sp³-hybridized carbons (Fsp3) is 0.588. The third-order valence-electron chi connectivity index (χ3n) is 3.44. The first-order valence-corrected chi connectivity index (χ1v) is 7.25. The molecule has 0 bridgehead atoms. The van der Waals surface area contributed by atoms with Gasteiger partial charge in [0.2, 0.25) is 0 Å². The molecule has 1 atom stereocenters. The summed E-state index contributed by atoms with van der Waals surface area (Å²) < 4.78 is 10.5. The van der Waals surface area contributed by atoms with E-state index < -0.39 is 11.5 Å². The van der Waals surface area contributed by atoms with Crippen LogP contribution in [0.5, 0.6) is 5.75 Å². The topological polar surface area (TPSA) is 61.5 Å². The van der Waals surface area contributed by atoms with Crippen LogP contribution in [-0.4, -0.2) is 25.2 Å². The SMILES string of the molecule is CCc1ccc(OCC(C)(N)C(=O)OC)c(C(C)(C)C)c1. The summed E-state index contributed by atoms with van der Waals surface area (Å²) in [6, 6.07) is 6.14. The maximum absolute atomic E-state index is 11.6. The first-order chi connectivity index (χ1) is 9.61. The number of rotatable bonds is 5. The molecule has 0 amide bonds. The van der Waals surface area contributed by atoms with Crippen LogP contribution in [0.1, 0.15) is 45.7 Å². The molecule has 21 heavy (non-hydrogen) atoms. The number of esters is 1. The van der Waals surface area contributed by atoms with Crippen molar-refractivity contribution in [2.24, 2.45) is 5.73 Å². The zero-order chi connectivity index (χ0) is 16.3. The van der Waals surface area contributed by atoms with Gasteiger partial charge in [-0.3, -0.25) is 0 Å². The molecule has 1 rings (SSSR count). The molecule has 0 aliphatic heterocycles. The molecule has 0 spiro atoms. The number of hydrogen-bond acceptors (Lipinski definition) is 4. The highest BCUT2D eigenvalue weighted by molar-refractivity contribution is 5.80. The molecule has 0 saturated carbocycles. The predicted molar refractivity (Wildman–Crippen MR) is 84.6 cm³/mol. The van der Waals surface area contributed by atoms with Crippen molar-refractivity contribution >= 4 is 5.97 Å². The highest BCUT2D eigenvalue weighted by Gasteiger charge is 2.31. The van der Waals surface area contributed by atoms with E-state index in [9.17, 15) is 4.79 Å². The van der Waals surface area contributed by atoms with Gasteiger partial charge in [-0.15, -0.1) is 0 Å². The van der Waals surface area contributed by atoms with E-state index in [-0.39, 0.29) is 12.0 Å². The third-order valence-corrected chi connectivity index (χ3v) is 3.44. The van der Waals surface area contributed by atoms with E-state index in [0.29, 0.717) is 0 Å². The van der Waals surface area contributed by atoms with Crippen LogP contribution in [0.4, 0.5) is 0 Å². The van der Waals surface area contributed by atoms with Crippen LogP contribution >= 0.6 is 0 Å². The van der Waals surface area contributed by atoms with Gasteiger partial charge in [0.15, 0.2) is 0 Å². The second-order valence-electron chi connectivity index (χ2n) is 6.63. The Labute approximate surface area is 127 Å². The molecule has 0 saturated heterocycles. The van der Waals surface area contributed by atoms with Crippen molar-refractivity contribution in [2.45, 2.75) is 52.0 Å². The average Bonchev–Trinajstić information content (AvgIpc) is 2.43. The molecule has 4 nitrogen and oxygen atoms in total. The Kier molecular flexibility index (Phi) is 5.40. The molecule has 0 aliphatic rings. The zero-order valence-corrected chi connectivity index (χ0v) is 13.9. The number of methoxy groups -OCH3 is 1. The van der Waals surface area contributed by atoms with Crippen molar-refractivity contribution in [1.82, 2.24) is 0 Å². The smallest absolute Gasteiger partial charge is 0.329 e. The molecule has 2 N–H and O–H groups in total. The minimum Gasteiger partial charge on any atom is -0.491 e. The van der Waals surface area contributed by atoms with Crippen molar-refractivity contribution in [3.63, 3.8) is 0 Å². The fourth-order valence-corrected chi connectivity index (χ4v) is 2.03. The van der Waals surface area contributed by atoms with Gasteiger partial charge in [0.1, 0.15) is 17.9 Å². The number of carbonyl (C=O) groups is 1. The maximum atomic E-state index is 11.6. The van der Waals surface area contributed by atoms with Crippen LogP contribution in [-0.2, 0) is 21.4 Å². The molecule has 0 aliphatic carbocycles. The lowest BCUT2D eigenvalue weighted by atomic mass is 9.85. The minimum atomic E-state index is -1.16. The van der Waals surface area contributed by atoms with E-state index in [0.717, 1.165) is 17.7 Å². The highest BCUT2D eigenvalue weighted by Crippen LogP contribution is 2.32. The van der Waals surface area contributed by atoms with Crippen LogP contribution in [0, 0.1) is 0 Å². The molecule has 0 radical (unpaired) electrons. The van der Waals surface area contributed by atoms with Gasteiger partial charge in [-0.05, 0) is 36.0 Å². The van der Waals surface area contributed by atoms with Gasteiger partial charge in [-0.2, -0.15) is 0 Å². The van der Waals surface area contributed by atoms with Crippen molar-refractivity contribution in [3.05, 3.63) is 29.3 Å². The summed E-state index contributed by atoms with van der Waals surface area (Å²) in [7, 11) is 1.32. The van der Waals surface area contributed by atoms with Gasteiger partial charge in [-0.25, -0.2) is 4.79 Å². The van der Waals surface area contributed by atoms with Crippen molar-refractivity contribution in [2.75, 3.05) is 13.7 Å². The number of hydrogen-bond donors (Lipinski definition) is 1. The lowest BCUT2D eigenvalue weighted by Gasteiger charge is -2.26. The van der Waals surface area contributed by atoms with Gasteiger partial charge >= 0.3 is 5.97 Å². The molecule has 0 heterocycles. The quantitative estimate of drug-likeness (QED) is 0.848. The Morgan fingerprint density at radius 3 is 2.33 bits per heavy atom. The first-order valence-electron chi connectivity index (χ1n) is 7.25. The molecular formula is C17H27NO3. The largest absolute Gasteiger partial charge is 0.491 e. The predicted octanol–water partition coefficient (Wildman–Crippen LogP) is 2.82. The molecule has 118 valence electrons. The Hall–Kier alpha value is -1.55. The number of ether oxygens (including phenoxy) is 2. The molecule has 0 aromatic heterocycles. The van der Waals surface area contributed by atoms with E-state index in [4.69, 9.17) is 15.2 Å². The lowest BCUT2D eigenvalue weighted by Crippen LogP contribution is -2.50. The van der Waals surface area contributed by atoms with Crippen LogP contribution in [0.15, 0.2) is 18.2 Å². The number of carbonyl (C=O) groups excluding carboxylic acids is 1. The first kappa shape index (κ1) is 17.5. The van der Waals surface area contributed by atoms with Crippen LogP contribution in [0.25, 0.3) is 0 Å². The molecule has 0 fully saturated rings. The van der Waals surface area contributed by atoms with E-state index in [1.165, 1.54) is 12.7 Å². The monoisotopic (exact) mass is 293 g/mol. The van der Waals surface area contributed by atoms with Crippen LogP contribution < -0.4 is 10.5 Å². The van der Waals surface area contributed by atoms with Gasteiger partial charge < -0.3 is 15.2 Å². The third kappa shape index (κ3) is 4.46. The standard InChI is InChI=1S/C17H27NO3/c1-7-12-8-9-14(13(10-12)16(2,3)4)21-11-17(5,18)15(19)20-6/h8-10H,7,11,18H2,1-6H3. The summed E-state index contributed by atoms with van der Waals surface area (Å²) in [6.45, 7) is 10.2. The van der Waals surface area contributed by atoms with Crippen molar-refractivity contribution in [3.8, 4) is 5.75 Å². The minimum absolute atomic E-state index is 0.0449. The van der Waals surface area contributed by atoms with E-state index >= 15 is 0 Å². The number of benzene rings is 1. The summed E-state index contributed by atoms with van der Waals surface area (Å²) in [5, 5.41) is 0. The Bertz CT molecular complexity index is 501. The summed E-state index contributed by atoms with van der Waals surface area (Å²) >= 11 is 0. The number of nitrogens with two attached hydrogens (primary N) is 1. The Morgan fingerprint density at radius 2 is 1.86 bits per heavy atom. The van der Waals surface area contributed by atoms with Crippen LogP contribution in [0.3, 0.4) is 0 Å². The maximum Gasteiger partial charge on any atom is 0.329 e. The summed E-state index contributed by atoms with van der Waals surface area (Å²) in [5.74, 6) is 0.283. The summed E-state index contributed by atoms with van der Waals surface area (Å²) in [6.07, 6.45) is 0.972. The van der Waals surface area contributed by atoms with Crippen molar-refractivity contribution < 1.29 is 14.3 Å². The van der Waals surface area contributed by atoms with Gasteiger partial charge in [-0.1, -0.05) is 39.8 Å². The normalized spacial score (nSPS) is 14.4. The molecule has 1 unspecified atom stereocenters. The summed E-state index contributed by atoms with van der Waals surface area (Å²) in [5.41, 5.74) is 7.10. The fourth-order valence-electron chi connectivity index (χ4n) is 2.03. The second kappa shape index (κ2) is 6.48. The van der Waals surface area contributed by atoms with Gasteiger partial charge in [0.25, 0.3) is 0 Å².